The van der Waals surface area contributed by atoms with E-state index in [9.17, 15) is 0 Å². The maximum atomic E-state index is 4.68. The molecule has 2 N–H and O–H groups in total. The van der Waals surface area contributed by atoms with Gasteiger partial charge in [0.15, 0.2) is 5.96 Å². The Labute approximate surface area is 161 Å². The first kappa shape index (κ1) is 19.4. The maximum Gasteiger partial charge on any atom is 0.191 e. The van der Waals surface area contributed by atoms with Crippen LogP contribution in [0.2, 0.25) is 0 Å². The molecule has 1 aromatic carbocycles. The summed E-state index contributed by atoms with van der Waals surface area (Å²) in [4.78, 5) is 11.5. The molecule has 0 radical (unpaired) electrons. The lowest BCUT2D eigenvalue weighted by Crippen LogP contribution is -2.37. The zero-order valence-electron chi connectivity index (χ0n) is 16.5. The van der Waals surface area contributed by atoms with E-state index in [1.54, 1.807) is 11.0 Å². The second-order valence-corrected chi connectivity index (χ2v) is 7.00. The molecular formula is C20H31N7. The number of piperidine rings is 1. The molecule has 0 bridgehead atoms. The fourth-order valence-corrected chi connectivity index (χ4v) is 3.28. The minimum absolute atomic E-state index is 0.594. The van der Waals surface area contributed by atoms with Crippen LogP contribution in [0.25, 0.3) is 0 Å². The number of aromatic nitrogens is 3. The Morgan fingerprint density at radius 3 is 2.48 bits per heavy atom. The first-order valence-electron chi connectivity index (χ1n) is 9.90. The number of hydrogen-bond acceptors (Lipinski definition) is 4. The molecular weight excluding hydrogens is 338 g/mol. The molecule has 7 heteroatoms. The van der Waals surface area contributed by atoms with Crippen molar-refractivity contribution in [3.63, 3.8) is 0 Å². The highest BCUT2D eigenvalue weighted by Gasteiger charge is 2.10. The van der Waals surface area contributed by atoms with Gasteiger partial charge in [0.2, 0.25) is 0 Å². The number of likely N-dealkylation sites (tertiary alicyclic amines) is 1. The van der Waals surface area contributed by atoms with E-state index in [0.29, 0.717) is 13.1 Å². The van der Waals surface area contributed by atoms with Crippen molar-refractivity contribution in [1.29, 1.82) is 0 Å². The average Bonchev–Trinajstić information content (AvgIpc) is 3.11. The van der Waals surface area contributed by atoms with Crippen LogP contribution < -0.4 is 10.6 Å². The van der Waals surface area contributed by atoms with Crippen LogP contribution in [0.4, 0.5) is 0 Å². The van der Waals surface area contributed by atoms with E-state index in [0.717, 1.165) is 24.9 Å². The van der Waals surface area contributed by atoms with Gasteiger partial charge in [-0.25, -0.2) is 9.98 Å². The van der Waals surface area contributed by atoms with Crippen LogP contribution >= 0.6 is 0 Å². The van der Waals surface area contributed by atoms with E-state index in [1.165, 1.54) is 43.5 Å². The molecule has 0 amide bonds. The summed E-state index contributed by atoms with van der Waals surface area (Å²) in [6, 6.07) is 8.85. The third-order valence-electron chi connectivity index (χ3n) is 4.86. The molecule has 1 saturated heterocycles. The van der Waals surface area contributed by atoms with Crippen molar-refractivity contribution in [3.05, 3.63) is 47.5 Å². The molecule has 0 aliphatic carbocycles. The number of nitrogens with one attached hydrogen (secondary N) is 2. The number of aliphatic imine (C=N–C) groups is 1. The Kier molecular flexibility index (Phi) is 7.21. The summed E-state index contributed by atoms with van der Waals surface area (Å²) in [5.74, 6) is 1.67. The predicted molar refractivity (Wildman–Crippen MR) is 108 cm³/mol. The van der Waals surface area contributed by atoms with Crippen molar-refractivity contribution >= 4 is 5.96 Å². The van der Waals surface area contributed by atoms with Gasteiger partial charge >= 0.3 is 0 Å². The van der Waals surface area contributed by atoms with Gasteiger partial charge in [-0.05, 0) is 44.0 Å². The molecule has 1 aliphatic rings. The molecule has 0 atom stereocenters. The number of benzene rings is 1. The molecule has 7 nitrogen and oxygen atoms in total. The van der Waals surface area contributed by atoms with Gasteiger partial charge < -0.3 is 10.6 Å². The van der Waals surface area contributed by atoms with Gasteiger partial charge in [-0.3, -0.25) is 9.58 Å². The molecule has 1 aromatic heterocycles. The normalized spacial score (nSPS) is 15.7. The van der Waals surface area contributed by atoms with E-state index in [4.69, 9.17) is 0 Å². The lowest BCUT2D eigenvalue weighted by molar-refractivity contribution is 0.221. The molecule has 1 aliphatic heterocycles. The Morgan fingerprint density at radius 1 is 1.07 bits per heavy atom. The second kappa shape index (κ2) is 10.1. The van der Waals surface area contributed by atoms with Crippen molar-refractivity contribution in [1.82, 2.24) is 30.3 Å². The van der Waals surface area contributed by atoms with Crippen molar-refractivity contribution in [2.45, 2.75) is 45.8 Å². The van der Waals surface area contributed by atoms with E-state index in [2.05, 4.69) is 61.8 Å². The number of guanidine groups is 1. The molecule has 2 aromatic rings. The van der Waals surface area contributed by atoms with Gasteiger partial charge in [0, 0.05) is 20.1 Å². The monoisotopic (exact) mass is 369 g/mol. The highest BCUT2D eigenvalue weighted by Crippen LogP contribution is 2.14. The summed E-state index contributed by atoms with van der Waals surface area (Å²) in [7, 11) is 1.89. The van der Waals surface area contributed by atoms with E-state index in [1.807, 2.05) is 7.05 Å². The van der Waals surface area contributed by atoms with Gasteiger partial charge in [-0.15, -0.1) is 0 Å². The van der Waals surface area contributed by atoms with Gasteiger partial charge in [0.25, 0.3) is 0 Å². The average molecular weight is 370 g/mol. The van der Waals surface area contributed by atoms with Crippen LogP contribution in [0.15, 0.2) is 35.6 Å². The lowest BCUT2D eigenvalue weighted by atomic mass is 10.1. The first-order chi connectivity index (χ1) is 13.2. The topological polar surface area (TPSA) is 70.4 Å². The summed E-state index contributed by atoms with van der Waals surface area (Å²) < 4.78 is 1.76. The van der Waals surface area contributed by atoms with Gasteiger partial charge in [0.1, 0.15) is 12.2 Å². The highest BCUT2D eigenvalue weighted by atomic mass is 15.3. The largest absolute Gasteiger partial charge is 0.357 e. The minimum atomic E-state index is 0.594. The Hall–Kier alpha value is -2.41. The van der Waals surface area contributed by atoms with Crippen molar-refractivity contribution in [2.75, 3.05) is 19.6 Å². The van der Waals surface area contributed by atoms with Crippen LogP contribution in [-0.4, -0.2) is 45.3 Å². The summed E-state index contributed by atoms with van der Waals surface area (Å²) in [5.41, 5.74) is 2.60. The summed E-state index contributed by atoms with van der Waals surface area (Å²) in [6.45, 7) is 7.65. The molecule has 0 saturated carbocycles. The fourth-order valence-electron chi connectivity index (χ4n) is 3.28. The summed E-state index contributed by atoms with van der Waals surface area (Å²) >= 11 is 0. The fraction of sp³-hybridized carbons (Fsp3) is 0.550. The first-order valence-corrected chi connectivity index (χ1v) is 9.90. The number of rotatable bonds is 7. The van der Waals surface area contributed by atoms with Crippen LogP contribution in [-0.2, 0) is 26.7 Å². The van der Waals surface area contributed by atoms with Crippen molar-refractivity contribution in [2.24, 2.45) is 12.0 Å². The molecule has 3 rings (SSSR count). The smallest absolute Gasteiger partial charge is 0.191 e. The molecule has 2 heterocycles. The quantitative estimate of drug-likeness (QED) is 0.577. The van der Waals surface area contributed by atoms with Gasteiger partial charge in [0.05, 0.1) is 13.1 Å². The third kappa shape index (κ3) is 6.06. The molecule has 0 unspecified atom stereocenters. The van der Waals surface area contributed by atoms with E-state index in [-0.39, 0.29) is 0 Å². The zero-order valence-corrected chi connectivity index (χ0v) is 16.5. The number of aryl methyl sites for hydroxylation is 1. The van der Waals surface area contributed by atoms with E-state index < -0.39 is 0 Å². The molecule has 146 valence electrons. The lowest BCUT2D eigenvalue weighted by Gasteiger charge is -2.26. The predicted octanol–water partition coefficient (Wildman–Crippen LogP) is 2.06. The Morgan fingerprint density at radius 2 is 1.81 bits per heavy atom. The van der Waals surface area contributed by atoms with Crippen LogP contribution in [0.3, 0.4) is 0 Å². The highest BCUT2D eigenvalue weighted by molar-refractivity contribution is 5.79. The van der Waals surface area contributed by atoms with E-state index >= 15 is 0 Å². The second-order valence-electron chi connectivity index (χ2n) is 7.00. The molecule has 27 heavy (non-hydrogen) atoms. The maximum absolute atomic E-state index is 4.68. The van der Waals surface area contributed by atoms with Crippen molar-refractivity contribution < 1.29 is 0 Å². The number of nitrogens with zero attached hydrogens (tertiary/aromatic N) is 5. The Balaban J connectivity index is 1.52. The standard InChI is InChI=1S/C20H31N7/c1-3-21-20(23-14-19-24-16-25-26(19)2)22-13-17-7-9-18(10-8-17)15-27-11-5-4-6-12-27/h7-10,16H,3-6,11-15H2,1-2H3,(H2,21,22,23). The van der Waals surface area contributed by atoms with Crippen LogP contribution in [0.5, 0.6) is 0 Å². The van der Waals surface area contributed by atoms with Gasteiger partial charge in [-0.1, -0.05) is 30.7 Å². The SMILES string of the molecule is CCNC(=NCc1ccc(CN2CCCCC2)cc1)NCc1ncnn1C. The molecule has 1 fully saturated rings. The number of hydrogen-bond donors (Lipinski definition) is 2. The summed E-state index contributed by atoms with van der Waals surface area (Å²) in [5, 5.41) is 10.7. The summed E-state index contributed by atoms with van der Waals surface area (Å²) in [6.07, 6.45) is 5.61. The third-order valence-corrected chi connectivity index (χ3v) is 4.86. The van der Waals surface area contributed by atoms with Gasteiger partial charge in [-0.2, -0.15) is 5.10 Å². The molecule has 0 spiro atoms. The minimum Gasteiger partial charge on any atom is -0.357 e. The van der Waals surface area contributed by atoms with Crippen LogP contribution in [0, 0.1) is 0 Å². The van der Waals surface area contributed by atoms with Crippen LogP contribution in [0.1, 0.15) is 43.1 Å². The zero-order chi connectivity index (χ0) is 18.9. The Bertz CT molecular complexity index is 714. The van der Waals surface area contributed by atoms with Crippen molar-refractivity contribution in [3.8, 4) is 0 Å².